The first-order valence-electron chi connectivity index (χ1n) is 7.67. The van der Waals surface area contributed by atoms with Crippen LogP contribution in [-0.4, -0.2) is 18.5 Å². The molecular weight excluding hydrogens is 374 g/mol. The Kier molecular flexibility index (Phi) is 7.02. The molecule has 1 aromatic carbocycles. The van der Waals surface area contributed by atoms with E-state index in [0.717, 1.165) is 16.5 Å². The molecule has 128 valence electrons. The third-order valence-electron chi connectivity index (χ3n) is 3.45. The van der Waals surface area contributed by atoms with Gasteiger partial charge >= 0.3 is 6.03 Å². The normalized spacial score (nSPS) is 11.8. The highest BCUT2D eigenvalue weighted by Gasteiger charge is 2.12. The Morgan fingerprint density at radius 1 is 1.21 bits per heavy atom. The van der Waals surface area contributed by atoms with Gasteiger partial charge in [0, 0.05) is 10.5 Å². The zero-order chi connectivity index (χ0) is 17.4. The maximum atomic E-state index is 11.9. The van der Waals surface area contributed by atoms with Gasteiger partial charge in [0.05, 0.1) is 19.4 Å². The van der Waals surface area contributed by atoms with Crippen molar-refractivity contribution in [1.29, 1.82) is 0 Å². The van der Waals surface area contributed by atoms with Crippen molar-refractivity contribution in [3.05, 3.63) is 58.5 Å². The topological polar surface area (TPSA) is 83.4 Å². The SMILES string of the molecule is CCC(NCC(=O)NC(=O)NCc1ccco1)c1ccc(Br)cc1. The minimum atomic E-state index is -0.546. The summed E-state index contributed by atoms with van der Waals surface area (Å²) in [7, 11) is 0. The van der Waals surface area contributed by atoms with E-state index in [1.165, 1.54) is 6.26 Å². The Balaban J connectivity index is 1.74. The summed E-state index contributed by atoms with van der Waals surface area (Å²) in [6.45, 7) is 2.33. The van der Waals surface area contributed by atoms with Crippen LogP contribution in [0.25, 0.3) is 0 Å². The average Bonchev–Trinajstić information content (AvgIpc) is 3.08. The summed E-state index contributed by atoms with van der Waals surface area (Å²) < 4.78 is 6.10. The predicted octanol–water partition coefficient (Wildman–Crippen LogP) is 3.11. The van der Waals surface area contributed by atoms with Crippen LogP contribution >= 0.6 is 15.9 Å². The number of imide groups is 1. The molecule has 1 unspecified atom stereocenters. The molecule has 3 N–H and O–H groups in total. The lowest BCUT2D eigenvalue weighted by molar-refractivity contribution is -0.119. The van der Waals surface area contributed by atoms with Crippen LogP contribution in [0.4, 0.5) is 4.79 Å². The molecule has 7 heteroatoms. The molecule has 0 radical (unpaired) electrons. The van der Waals surface area contributed by atoms with Gasteiger partial charge in [0.1, 0.15) is 5.76 Å². The number of halogens is 1. The maximum absolute atomic E-state index is 11.9. The second-order valence-electron chi connectivity index (χ2n) is 5.20. The van der Waals surface area contributed by atoms with Gasteiger partial charge in [-0.25, -0.2) is 4.79 Å². The van der Waals surface area contributed by atoms with E-state index in [4.69, 9.17) is 4.42 Å². The van der Waals surface area contributed by atoms with Crippen LogP contribution in [0.2, 0.25) is 0 Å². The fourth-order valence-electron chi connectivity index (χ4n) is 2.20. The summed E-state index contributed by atoms with van der Waals surface area (Å²) in [6, 6.07) is 10.9. The number of carbonyl (C=O) groups excluding carboxylic acids is 2. The number of amides is 3. The van der Waals surface area contributed by atoms with Crippen LogP contribution in [0.15, 0.2) is 51.6 Å². The van der Waals surface area contributed by atoms with E-state index in [2.05, 4.69) is 31.9 Å². The molecule has 0 fully saturated rings. The third-order valence-corrected chi connectivity index (χ3v) is 3.97. The zero-order valence-electron chi connectivity index (χ0n) is 13.3. The quantitative estimate of drug-likeness (QED) is 0.674. The van der Waals surface area contributed by atoms with Crippen LogP contribution in [0.1, 0.15) is 30.7 Å². The van der Waals surface area contributed by atoms with Gasteiger partial charge in [-0.3, -0.25) is 10.1 Å². The van der Waals surface area contributed by atoms with Crippen LogP contribution < -0.4 is 16.0 Å². The summed E-state index contributed by atoms with van der Waals surface area (Å²) in [5.41, 5.74) is 1.09. The number of hydrogen-bond acceptors (Lipinski definition) is 4. The lowest BCUT2D eigenvalue weighted by Gasteiger charge is -2.17. The van der Waals surface area contributed by atoms with E-state index in [9.17, 15) is 9.59 Å². The third kappa shape index (κ3) is 5.82. The molecule has 1 atom stereocenters. The van der Waals surface area contributed by atoms with Gasteiger partial charge in [0.25, 0.3) is 0 Å². The molecule has 3 amide bonds. The summed E-state index contributed by atoms with van der Waals surface area (Å²) in [4.78, 5) is 23.5. The molecule has 0 aliphatic rings. The fraction of sp³-hybridized carbons (Fsp3) is 0.294. The Hall–Kier alpha value is -2.12. The van der Waals surface area contributed by atoms with E-state index in [1.54, 1.807) is 12.1 Å². The summed E-state index contributed by atoms with van der Waals surface area (Å²) in [5.74, 6) is 0.236. The van der Waals surface area contributed by atoms with Crippen molar-refractivity contribution < 1.29 is 14.0 Å². The molecule has 24 heavy (non-hydrogen) atoms. The van der Waals surface area contributed by atoms with Gasteiger partial charge in [-0.15, -0.1) is 0 Å². The number of carbonyl (C=O) groups is 2. The molecule has 6 nitrogen and oxygen atoms in total. The van der Waals surface area contributed by atoms with Gasteiger partial charge in [-0.05, 0) is 36.2 Å². The molecule has 0 aliphatic heterocycles. The molecule has 2 aromatic rings. The summed E-state index contributed by atoms with van der Waals surface area (Å²) >= 11 is 3.40. The van der Waals surface area contributed by atoms with Crippen molar-refractivity contribution in [3.8, 4) is 0 Å². The van der Waals surface area contributed by atoms with E-state index in [1.807, 2.05) is 31.2 Å². The molecule has 2 rings (SSSR count). The highest BCUT2D eigenvalue weighted by Crippen LogP contribution is 2.19. The number of rotatable bonds is 7. The van der Waals surface area contributed by atoms with Crippen molar-refractivity contribution >= 4 is 27.9 Å². The van der Waals surface area contributed by atoms with Gasteiger partial charge in [-0.1, -0.05) is 35.0 Å². The second kappa shape index (κ2) is 9.24. The van der Waals surface area contributed by atoms with Gasteiger partial charge < -0.3 is 15.1 Å². The minimum Gasteiger partial charge on any atom is -0.467 e. The standard InChI is InChI=1S/C17H20BrN3O3/c1-2-15(12-5-7-13(18)8-6-12)19-11-16(22)21-17(23)20-10-14-4-3-9-24-14/h3-9,15,19H,2,10-11H2,1H3,(H2,20,21,22,23). The molecule has 0 bridgehead atoms. The molecule has 0 saturated heterocycles. The first-order chi connectivity index (χ1) is 11.6. The molecule has 0 saturated carbocycles. The lowest BCUT2D eigenvalue weighted by Crippen LogP contribution is -2.43. The Labute approximate surface area is 149 Å². The largest absolute Gasteiger partial charge is 0.467 e. The first-order valence-corrected chi connectivity index (χ1v) is 8.46. The maximum Gasteiger partial charge on any atom is 0.321 e. The molecule has 1 aromatic heterocycles. The predicted molar refractivity (Wildman–Crippen MR) is 94.3 cm³/mol. The van der Waals surface area contributed by atoms with Crippen molar-refractivity contribution in [2.24, 2.45) is 0 Å². The van der Waals surface area contributed by atoms with Gasteiger partial charge in [0.2, 0.25) is 5.91 Å². The number of furan rings is 1. The number of benzene rings is 1. The van der Waals surface area contributed by atoms with Crippen molar-refractivity contribution in [2.75, 3.05) is 6.54 Å². The van der Waals surface area contributed by atoms with E-state index in [0.29, 0.717) is 5.76 Å². The molecule has 0 aliphatic carbocycles. The van der Waals surface area contributed by atoms with Gasteiger partial charge in [0.15, 0.2) is 0 Å². The smallest absolute Gasteiger partial charge is 0.321 e. The zero-order valence-corrected chi connectivity index (χ0v) is 14.9. The van der Waals surface area contributed by atoms with E-state index >= 15 is 0 Å². The lowest BCUT2D eigenvalue weighted by atomic mass is 10.0. The second-order valence-corrected chi connectivity index (χ2v) is 6.12. The minimum absolute atomic E-state index is 0.0510. The Morgan fingerprint density at radius 3 is 2.58 bits per heavy atom. The van der Waals surface area contributed by atoms with Gasteiger partial charge in [-0.2, -0.15) is 0 Å². The molecule has 1 heterocycles. The molecular formula is C17H20BrN3O3. The van der Waals surface area contributed by atoms with Crippen molar-refractivity contribution in [2.45, 2.75) is 25.9 Å². The van der Waals surface area contributed by atoms with Crippen molar-refractivity contribution in [3.63, 3.8) is 0 Å². The Bertz CT molecular complexity index is 656. The van der Waals surface area contributed by atoms with E-state index in [-0.39, 0.29) is 25.0 Å². The highest BCUT2D eigenvalue weighted by atomic mass is 79.9. The summed E-state index contributed by atoms with van der Waals surface area (Å²) in [5, 5.41) is 7.99. The van der Waals surface area contributed by atoms with E-state index < -0.39 is 6.03 Å². The number of urea groups is 1. The van der Waals surface area contributed by atoms with Crippen LogP contribution in [0.3, 0.4) is 0 Å². The monoisotopic (exact) mass is 393 g/mol. The number of nitrogens with one attached hydrogen (secondary N) is 3. The average molecular weight is 394 g/mol. The fourth-order valence-corrected chi connectivity index (χ4v) is 2.47. The highest BCUT2D eigenvalue weighted by molar-refractivity contribution is 9.10. The number of hydrogen-bond donors (Lipinski definition) is 3. The summed E-state index contributed by atoms with van der Waals surface area (Å²) in [6.07, 6.45) is 2.36. The molecule has 0 spiro atoms. The van der Waals surface area contributed by atoms with Crippen LogP contribution in [0, 0.1) is 0 Å². The Morgan fingerprint density at radius 2 is 1.96 bits per heavy atom. The van der Waals surface area contributed by atoms with Crippen LogP contribution in [-0.2, 0) is 11.3 Å². The van der Waals surface area contributed by atoms with Crippen molar-refractivity contribution in [1.82, 2.24) is 16.0 Å². The van der Waals surface area contributed by atoms with Crippen LogP contribution in [0.5, 0.6) is 0 Å². The first kappa shape index (κ1) is 18.2.